The van der Waals surface area contributed by atoms with Gasteiger partial charge in [0.25, 0.3) is 0 Å². The molecule has 0 saturated carbocycles. The summed E-state index contributed by atoms with van der Waals surface area (Å²) in [6.45, 7) is 1.90. The third-order valence-electron chi connectivity index (χ3n) is 3.14. The summed E-state index contributed by atoms with van der Waals surface area (Å²) < 4.78 is 70.3. The van der Waals surface area contributed by atoms with E-state index in [-0.39, 0.29) is 24.8 Å². The molecule has 9 heteroatoms. The Morgan fingerprint density at radius 3 is 2.62 bits per heavy atom. The highest BCUT2D eigenvalue weighted by Crippen LogP contribution is 2.37. The standard InChI is InChI=1S/C12H13ClF3NO3S/c1-8-7-20-5-4-17(8)21(18,19)11-3-2-9(13)6-10(11)12(14,15)16/h2-3,6,8H,4-5,7H2,1H3/t8-/m1/s1. The lowest BCUT2D eigenvalue weighted by Gasteiger charge is -2.32. The molecule has 4 nitrogen and oxygen atoms in total. The minimum absolute atomic E-state index is 0.0173. The summed E-state index contributed by atoms with van der Waals surface area (Å²) in [5.41, 5.74) is -1.26. The average Bonchev–Trinajstić information content (AvgIpc) is 2.37. The highest BCUT2D eigenvalue weighted by molar-refractivity contribution is 7.89. The van der Waals surface area contributed by atoms with Crippen molar-refractivity contribution in [3.8, 4) is 0 Å². The van der Waals surface area contributed by atoms with Crippen molar-refractivity contribution in [1.82, 2.24) is 4.31 Å². The number of hydrogen-bond donors (Lipinski definition) is 0. The maximum absolute atomic E-state index is 13.1. The van der Waals surface area contributed by atoms with E-state index in [1.807, 2.05) is 0 Å². The third kappa shape index (κ3) is 3.33. The fourth-order valence-corrected chi connectivity index (χ4v) is 4.11. The molecule has 0 bridgehead atoms. The van der Waals surface area contributed by atoms with Crippen LogP contribution in [0.3, 0.4) is 0 Å². The van der Waals surface area contributed by atoms with Crippen LogP contribution in [-0.4, -0.2) is 38.5 Å². The number of nitrogens with zero attached hydrogens (tertiary/aromatic N) is 1. The van der Waals surface area contributed by atoms with Gasteiger partial charge in [0.05, 0.1) is 23.7 Å². The van der Waals surface area contributed by atoms with Crippen LogP contribution in [0.15, 0.2) is 23.1 Å². The van der Waals surface area contributed by atoms with Crippen molar-refractivity contribution in [1.29, 1.82) is 0 Å². The first-order chi connectivity index (χ1) is 9.64. The van der Waals surface area contributed by atoms with E-state index in [0.717, 1.165) is 16.4 Å². The normalized spacial score (nSPS) is 21.5. The topological polar surface area (TPSA) is 46.6 Å². The maximum atomic E-state index is 13.1. The Balaban J connectivity index is 2.54. The zero-order valence-electron chi connectivity index (χ0n) is 11.0. The van der Waals surface area contributed by atoms with E-state index in [0.29, 0.717) is 6.07 Å². The van der Waals surface area contributed by atoms with Gasteiger partial charge in [0.15, 0.2) is 0 Å². The molecule has 0 spiro atoms. The van der Waals surface area contributed by atoms with Crippen LogP contribution in [0.1, 0.15) is 12.5 Å². The molecule has 1 aromatic rings. The Hall–Kier alpha value is -0.830. The van der Waals surface area contributed by atoms with Crippen molar-refractivity contribution in [3.63, 3.8) is 0 Å². The van der Waals surface area contributed by atoms with Crippen molar-refractivity contribution in [2.45, 2.75) is 24.0 Å². The van der Waals surface area contributed by atoms with E-state index in [1.165, 1.54) is 0 Å². The molecule has 21 heavy (non-hydrogen) atoms. The number of ether oxygens (including phenoxy) is 1. The van der Waals surface area contributed by atoms with Gasteiger partial charge in [0.1, 0.15) is 0 Å². The van der Waals surface area contributed by atoms with Crippen LogP contribution >= 0.6 is 11.6 Å². The fourth-order valence-electron chi connectivity index (χ4n) is 2.14. The Morgan fingerprint density at radius 1 is 1.38 bits per heavy atom. The van der Waals surface area contributed by atoms with Gasteiger partial charge in [-0.05, 0) is 25.1 Å². The minimum Gasteiger partial charge on any atom is -0.378 e. The lowest BCUT2D eigenvalue weighted by atomic mass is 10.2. The molecule has 1 saturated heterocycles. The Labute approximate surface area is 125 Å². The number of alkyl halides is 3. The summed E-state index contributed by atoms with van der Waals surface area (Å²) in [5.74, 6) is 0. The zero-order chi connectivity index (χ0) is 15.8. The number of benzene rings is 1. The van der Waals surface area contributed by atoms with Crippen molar-refractivity contribution >= 4 is 21.6 Å². The van der Waals surface area contributed by atoms with Gasteiger partial charge in [-0.1, -0.05) is 11.6 Å². The van der Waals surface area contributed by atoms with E-state index in [9.17, 15) is 21.6 Å². The number of morpholine rings is 1. The fraction of sp³-hybridized carbons (Fsp3) is 0.500. The van der Waals surface area contributed by atoms with Gasteiger partial charge in [-0.15, -0.1) is 0 Å². The molecule has 0 radical (unpaired) electrons. The van der Waals surface area contributed by atoms with Crippen molar-refractivity contribution in [2.24, 2.45) is 0 Å². The molecular weight excluding hydrogens is 331 g/mol. The summed E-state index contributed by atoms with van der Waals surface area (Å²) in [4.78, 5) is -0.784. The number of hydrogen-bond acceptors (Lipinski definition) is 3. The Morgan fingerprint density at radius 2 is 2.05 bits per heavy atom. The first kappa shape index (κ1) is 16.5. The van der Waals surface area contributed by atoms with Crippen molar-refractivity contribution in [3.05, 3.63) is 28.8 Å². The third-order valence-corrected chi connectivity index (χ3v) is 5.45. The lowest BCUT2D eigenvalue weighted by molar-refractivity contribution is -0.139. The minimum atomic E-state index is -4.80. The van der Waals surface area contributed by atoms with Crippen molar-refractivity contribution < 1.29 is 26.3 Å². The molecule has 0 aromatic heterocycles. The maximum Gasteiger partial charge on any atom is 0.417 e. The molecule has 1 heterocycles. The monoisotopic (exact) mass is 343 g/mol. The molecular formula is C12H13ClF3NO3S. The predicted molar refractivity (Wildman–Crippen MR) is 70.6 cm³/mol. The zero-order valence-corrected chi connectivity index (χ0v) is 12.6. The molecule has 118 valence electrons. The van der Waals surface area contributed by atoms with E-state index in [4.69, 9.17) is 16.3 Å². The number of sulfonamides is 1. The molecule has 1 aliphatic heterocycles. The Kier molecular flexibility index (Phi) is 4.53. The van der Waals surface area contributed by atoms with Gasteiger partial charge in [-0.25, -0.2) is 8.42 Å². The molecule has 1 aromatic carbocycles. The lowest BCUT2D eigenvalue weighted by Crippen LogP contribution is -2.47. The predicted octanol–water partition coefficient (Wildman–Crippen LogP) is 2.77. The van der Waals surface area contributed by atoms with Crippen LogP contribution in [-0.2, 0) is 20.9 Å². The van der Waals surface area contributed by atoms with Gasteiger partial charge in [-0.2, -0.15) is 17.5 Å². The summed E-state index contributed by atoms with van der Waals surface area (Å²) in [6, 6.07) is 2.12. The van der Waals surface area contributed by atoms with Crippen LogP contribution in [0, 0.1) is 0 Å². The summed E-state index contributed by atoms with van der Waals surface area (Å²) in [6.07, 6.45) is -4.80. The van der Waals surface area contributed by atoms with Crippen LogP contribution in [0.5, 0.6) is 0 Å². The average molecular weight is 344 g/mol. The van der Waals surface area contributed by atoms with Gasteiger partial charge in [0.2, 0.25) is 10.0 Å². The molecule has 0 aliphatic carbocycles. The molecule has 2 rings (SSSR count). The molecule has 1 aliphatic rings. The number of rotatable bonds is 2. The summed E-state index contributed by atoms with van der Waals surface area (Å²) >= 11 is 5.56. The molecule has 1 fully saturated rings. The van der Waals surface area contributed by atoms with E-state index < -0.39 is 32.7 Å². The van der Waals surface area contributed by atoms with Crippen LogP contribution in [0.2, 0.25) is 5.02 Å². The van der Waals surface area contributed by atoms with Crippen molar-refractivity contribution in [2.75, 3.05) is 19.8 Å². The van der Waals surface area contributed by atoms with E-state index in [2.05, 4.69) is 0 Å². The SMILES string of the molecule is C[C@@H]1COCCN1S(=O)(=O)c1ccc(Cl)cc1C(F)(F)F. The second-order valence-electron chi connectivity index (χ2n) is 4.68. The summed E-state index contributed by atoms with van der Waals surface area (Å²) in [7, 11) is -4.27. The smallest absolute Gasteiger partial charge is 0.378 e. The van der Waals surface area contributed by atoms with Crippen LogP contribution in [0.25, 0.3) is 0 Å². The van der Waals surface area contributed by atoms with Crippen LogP contribution < -0.4 is 0 Å². The van der Waals surface area contributed by atoms with Gasteiger partial charge in [-0.3, -0.25) is 0 Å². The van der Waals surface area contributed by atoms with E-state index in [1.54, 1.807) is 6.92 Å². The van der Waals surface area contributed by atoms with Gasteiger partial charge in [0, 0.05) is 17.6 Å². The Bertz CT molecular complexity index is 633. The number of halogens is 4. The first-order valence-corrected chi connectivity index (χ1v) is 7.92. The summed E-state index contributed by atoms with van der Waals surface area (Å²) in [5, 5.41) is -0.170. The largest absolute Gasteiger partial charge is 0.417 e. The van der Waals surface area contributed by atoms with Gasteiger partial charge >= 0.3 is 6.18 Å². The molecule has 1 atom stereocenters. The highest BCUT2D eigenvalue weighted by Gasteiger charge is 2.41. The second kappa shape index (κ2) is 5.75. The molecule has 0 unspecified atom stereocenters. The quantitative estimate of drug-likeness (QED) is 0.829. The molecule has 0 amide bonds. The first-order valence-electron chi connectivity index (χ1n) is 6.10. The molecule has 0 N–H and O–H groups in total. The van der Waals surface area contributed by atoms with Crippen LogP contribution in [0.4, 0.5) is 13.2 Å². The highest BCUT2D eigenvalue weighted by atomic mass is 35.5. The van der Waals surface area contributed by atoms with E-state index >= 15 is 0 Å². The second-order valence-corrected chi connectivity index (χ2v) is 6.97. The van der Waals surface area contributed by atoms with Gasteiger partial charge < -0.3 is 4.74 Å².